The summed E-state index contributed by atoms with van der Waals surface area (Å²) in [6.45, 7) is 0.0974. The third-order valence-electron chi connectivity index (χ3n) is 6.33. The quantitative estimate of drug-likeness (QED) is 0.746. The maximum absolute atomic E-state index is 14.3. The van der Waals surface area contributed by atoms with E-state index in [1.807, 2.05) is 24.3 Å². The fraction of sp³-hybridized carbons (Fsp3) is 0.348. The van der Waals surface area contributed by atoms with Crippen molar-refractivity contribution in [3.05, 3.63) is 71.0 Å². The van der Waals surface area contributed by atoms with E-state index in [0.29, 0.717) is 24.3 Å². The van der Waals surface area contributed by atoms with Gasteiger partial charge in [0.25, 0.3) is 5.91 Å². The molecule has 1 N–H and O–H groups in total. The summed E-state index contributed by atoms with van der Waals surface area (Å²) in [5.41, 5.74) is 1.20. The van der Waals surface area contributed by atoms with Gasteiger partial charge < -0.3 is 10.2 Å². The highest BCUT2D eigenvalue weighted by Gasteiger charge is 2.54. The fourth-order valence-corrected chi connectivity index (χ4v) is 6.14. The number of rotatable bonds is 3. The number of benzene rings is 2. The first kappa shape index (κ1) is 20.1. The Hall–Kier alpha value is -2.87. The second-order valence-corrected chi connectivity index (χ2v) is 9.26. The Morgan fingerprint density at radius 2 is 1.94 bits per heavy atom. The predicted molar refractivity (Wildman–Crippen MR) is 115 cm³/mol. The molecule has 6 nitrogen and oxygen atoms in total. The zero-order chi connectivity index (χ0) is 21.6. The minimum atomic E-state index is -1.10. The van der Waals surface area contributed by atoms with Gasteiger partial charge >= 0.3 is 6.03 Å². The van der Waals surface area contributed by atoms with Crippen molar-refractivity contribution >= 4 is 29.6 Å². The number of nitrogens with zero attached hydrogens (tertiary/aromatic N) is 2. The highest BCUT2D eigenvalue weighted by Crippen LogP contribution is 2.41. The highest BCUT2D eigenvalue weighted by molar-refractivity contribution is 7.99. The lowest BCUT2D eigenvalue weighted by Gasteiger charge is -2.33. The molecule has 8 heteroatoms. The van der Waals surface area contributed by atoms with Crippen molar-refractivity contribution in [2.24, 2.45) is 0 Å². The van der Waals surface area contributed by atoms with Crippen molar-refractivity contribution in [2.75, 3.05) is 18.8 Å². The van der Waals surface area contributed by atoms with Crippen LogP contribution in [0, 0.1) is 5.82 Å². The van der Waals surface area contributed by atoms with E-state index in [9.17, 15) is 18.8 Å². The van der Waals surface area contributed by atoms with E-state index in [2.05, 4.69) is 5.32 Å². The average molecular weight is 440 g/mol. The van der Waals surface area contributed by atoms with Crippen LogP contribution in [0.5, 0.6) is 0 Å². The molecule has 1 spiro atoms. The molecular weight excluding hydrogens is 417 g/mol. The van der Waals surface area contributed by atoms with E-state index < -0.39 is 16.9 Å². The standard InChI is InChI=1S/C23H22FN3O3S/c24-18-10-4-2-8-16(18)20-26(12-13-31-20)19(28)14-27-21(29)23(25-22(27)30)11-5-7-15-6-1-3-9-17(15)23/h1-4,6,8-10,20H,5,7,11-14H2,(H,25,30)/t20-,23-/m1/s1. The van der Waals surface area contributed by atoms with Crippen molar-refractivity contribution in [1.29, 1.82) is 0 Å². The highest BCUT2D eigenvalue weighted by atomic mass is 32.2. The number of hydrogen-bond donors (Lipinski definition) is 1. The molecule has 2 aliphatic heterocycles. The molecule has 31 heavy (non-hydrogen) atoms. The molecule has 3 aliphatic rings. The molecule has 1 aliphatic carbocycles. The number of fused-ring (bicyclic) bond motifs is 2. The topological polar surface area (TPSA) is 69.7 Å². The molecule has 4 amide bonds. The lowest BCUT2D eigenvalue weighted by Crippen LogP contribution is -2.47. The van der Waals surface area contributed by atoms with Crippen LogP contribution in [0.25, 0.3) is 0 Å². The minimum Gasteiger partial charge on any atom is -0.324 e. The second kappa shape index (κ2) is 7.67. The normalized spacial score (nSPS) is 25.1. The Morgan fingerprint density at radius 3 is 2.77 bits per heavy atom. The van der Waals surface area contributed by atoms with Crippen LogP contribution in [0.4, 0.5) is 9.18 Å². The van der Waals surface area contributed by atoms with Crippen molar-refractivity contribution < 1.29 is 18.8 Å². The fourth-order valence-electron chi connectivity index (χ4n) is 4.84. The molecule has 2 aromatic carbocycles. The number of urea groups is 1. The van der Waals surface area contributed by atoms with Crippen LogP contribution < -0.4 is 5.32 Å². The van der Waals surface area contributed by atoms with Crippen LogP contribution in [0.15, 0.2) is 48.5 Å². The van der Waals surface area contributed by atoms with Crippen molar-refractivity contribution in [3.8, 4) is 0 Å². The van der Waals surface area contributed by atoms with E-state index in [-0.39, 0.29) is 24.2 Å². The summed E-state index contributed by atoms with van der Waals surface area (Å²) in [6, 6.07) is 13.5. The van der Waals surface area contributed by atoms with Crippen LogP contribution in [0.3, 0.4) is 0 Å². The first-order chi connectivity index (χ1) is 15.0. The van der Waals surface area contributed by atoms with Gasteiger partial charge in [-0.1, -0.05) is 42.5 Å². The van der Waals surface area contributed by atoms with E-state index in [0.717, 1.165) is 28.9 Å². The maximum Gasteiger partial charge on any atom is 0.325 e. The molecule has 2 heterocycles. The largest absolute Gasteiger partial charge is 0.325 e. The third kappa shape index (κ3) is 3.20. The zero-order valence-electron chi connectivity index (χ0n) is 16.8. The van der Waals surface area contributed by atoms with Crippen LogP contribution in [-0.2, 0) is 21.5 Å². The van der Waals surface area contributed by atoms with Gasteiger partial charge in [-0.2, -0.15) is 0 Å². The monoisotopic (exact) mass is 439 g/mol. The van der Waals surface area contributed by atoms with Crippen LogP contribution in [-0.4, -0.2) is 46.5 Å². The van der Waals surface area contributed by atoms with E-state index in [1.54, 1.807) is 23.1 Å². The Balaban J connectivity index is 1.39. The van der Waals surface area contributed by atoms with Gasteiger partial charge in [0.1, 0.15) is 23.3 Å². The summed E-state index contributed by atoms with van der Waals surface area (Å²) in [5.74, 6) is -0.440. The SMILES string of the molecule is O=C1N[C@@]2(CCCc3ccccc32)C(=O)N1CC(=O)N1CCS[C@@H]1c1ccccc1F. The Labute approximate surface area is 183 Å². The molecule has 2 aromatic rings. The van der Waals surface area contributed by atoms with E-state index >= 15 is 0 Å². The summed E-state index contributed by atoms with van der Waals surface area (Å²) < 4.78 is 14.3. The molecule has 2 fully saturated rings. The zero-order valence-corrected chi connectivity index (χ0v) is 17.7. The van der Waals surface area contributed by atoms with Gasteiger partial charge in [-0.15, -0.1) is 11.8 Å². The molecule has 160 valence electrons. The number of amides is 4. The molecule has 5 rings (SSSR count). The van der Waals surface area contributed by atoms with Crippen LogP contribution in [0.1, 0.15) is 34.9 Å². The number of halogens is 1. The average Bonchev–Trinajstić information content (AvgIpc) is 3.34. The Morgan fingerprint density at radius 1 is 1.16 bits per heavy atom. The molecule has 2 atom stereocenters. The van der Waals surface area contributed by atoms with Gasteiger partial charge in [0.05, 0.1) is 0 Å². The van der Waals surface area contributed by atoms with Crippen molar-refractivity contribution in [3.63, 3.8) is 0 Å². The molecule has 0 bridgehead atoms. The lowest BCUT2D eigenvalue weighted by atomic mass is 9.76. The summed E-state index contributed by atoms with van der Waals surface area (Å²) >= 11 is 1.48. The van der Waals surface area contributed by atoms with Gasteiger partial charge in [0.15, 0.2) is 0 Å². The molecular formula is C23H22FN3O3S. The second-order valence-electron chi connectivity index (χ2n) is 8.07. The smallest absolute Gasteiger partial charge is 0.324 e. The lowest BCUT2D eigenvalue weighted by molar-refractivity contribution is -0.139. The molecule has 0 radical (unpaired) electrons. The first-order valence-electron chi connectivity index (χ1n) is 10.4. The van der Waals surface area contributed by atoms with E-state index in [4.69, 9.17) is 0 Å². The van der Waals surface area contributed by atoms with Crippen molar-refractivity contribution in [2.45, 2.75) is 30.2 Å². The van der Waals surface area contributed by atoms with Gasteiger partial charge in [0, 0.05) is 17.9 Å². The van der Waals surface area contributed by atoms with E-state index in [1.165, 1.54) is 17.8 Å². The molecule has 2 saturated heterocycles. The summed E-state index contributed by atoms with van der Waals surface area (Å²) in [4.78, 5) is 41.9. The van der Waals surface area contributed by atoms with Gasteiger partial charge in [-0.25, -0.2) is 9.18 Å². The Bertz CT molecular complexity index is 1080. The molecule has 0 unspecified atom stereocenters. The molecule has 0 aromatic heterocycles. The van der Waals surface area contributed by atoms with Crippen LogP contribution in [0.2, 0.25) is 0 Å². The number of aryl methyl sites for hydroxylation is 1. The minimum absolute atomic E-state index is 0.347. The van der Waals surface area contributed by atoms with Gasteiger partial charge in [0.2, 0.25) is 5.91 Å². The summed E-state index contributed by atoms with van der Waals surface area (Å²) in [5, 5.41) is 2.42. The number of thioether (sulfide) groups is 1. The van der Waals surface area contributed by atoms with Gasteiger partial charge in [-0.3, -0.25) is 14.5 Å². The van der Waals surface area contributed by atoms with Crippen LogP contribution >= 0.6 is 11.8 Å². The first-order valence-corrected chi connectivity index (χ1v) is 11.4. The number of hydrogen-bond acceptors (Lipinski definition) is 4. The summed E-state index contributed by atoms with van der Waals surface area (Å²) in [6.07, 6.45) is 2.15. The molecule has 0 saturated carbocycles. The Kier molecular flexibility index (Phi) is 4.97. The maximum atomic E-state index is 14.3. The number of imide groups is 1. The number of carbonyl (C=O) groups is 3. The van der Waals surface area contributed by atoms with Crippen molar-refractivity contribution in [1.82, 2.24) is 15.1 Å². The predicted octanol–water partition coefficient (Wildman–Crippen LogP) is 3.18. The van der Waals surface area contributed by atoms with Gasteiger partial charge in [-0.05, 0) is 36.5 Å². The third-order valence-corrected chi connectivity index (χ3v) is 7.57. The number of nitrogens with one attached hydrogen (secondary N) is 1. The number of carbonyl (C=O) groups excluding carboxylic acids is 3. The summed E-state index contributed by atoms with van der Waals surface area (Å²) in [7, 11) is 0.